The van der Waals surface area contributed by atoms with E-state index in [9.17, 15) is 8.42 Å². The summed E-state index contributed by atoms with van der Waals surface area (Å²) in [5, 5.41) is 0. The van der Waals surface area contributed by atoms with E-state index in [1.165, 1.54) is 25.7 Å². The van der Waals surface area contributed by atoms with E-state index in [4.69, 9.17) is 5.73 Å². The van der Waals surface area contributed by atoms with E-state index in [0.29, 0.717) is 29.9 Å². The molecule has 2 fully saturated rings. The molecule has 4 nitrogen and oxygen atoms in total. The Morgan fingerprint density at radius 1 is 1.22 bits per heavy atom. The second kappa shape index (κ2) is 5.88. The second-order valence-electron chi connectivity index (χ2n) is 6.00. The molecule has 0 aromatic heterocycles. The number of hydrogen-bond donors (Lipinski definition) is 1. The molecule has 1 saturated carbocycles. The van der Waals surface area contributed by atoms with Gasteiger partial charge in [-0.1, -0.05) is 12.8 Å². The van der Waals surface area contributed by atoms with Crippen LogP contribution in [-0.4, -0.2) is 50.5 Å². The lowest BCUT2D eigenvalue weighted by Gasteiger charge is -2.39. The lowest BCUT2D eigenvalue weighted by Crippen LogP contribution is -2.50. The van der Waals surface area contributed by atoms with Crippen molar-refractivity contribution < 1.29 is 8.42 Å². The van der Waals surface area contributed by atoms with Crippen LogP contribution in [0.15, 0.2) is 0 Å². The van der Waals surface area contributed by atoms with Crippen molar-refractivity contribution >= 4 is 9.84 Å². The Morgan fingerprint density at radius 3 is 2.50 bits per heavy atom. The Balaban J connectivity index is 1.92. The number of nitrogens with two attached hydrogens (primary N) is 1. The lowest BCUT2D eigenvalue weighted by molar-refractivity contribution is 0.133. The molecule has 1 aliphatic carbocycles. The first-order valence-electron chi connectivity index (χ1n) is 7.16. The van der Waals surface area contributed by atoms with E-state index < -0.39 is 9.84 Å². The van der Waals surface area contributed by atoms with Crippen molar-refractivity contribution in [1.29, 1.82) is 0 Å². The standard InChI is InChI=1S/C13H26N2O2S/c1-11-10-18(16,17)7-6-15(11)9-13-5-3-2-4-12(13)8-14/h11-13H,2-10,14H2,1H3. The molecule has 2 N–H and O–H groups in total. The zero-order valence-electron chi connectivity index (χ0n) is 11.3. The van der Waals surface area contributed by atoms with E-state index in [0.717, 1.165) is 13.1 Å². The van der Waals surface area contributed by atoms with Gasteiger partial charge in [-0.25, -0.2) is 8.42 Å². The van der Waals surface area contributed by atoms with E-state index >= 15 is 0 Å². The molecular formula is C13H26N2O2S. The van der Waals surface area contributed by atoms with Crippen molar-refractivity contribution in [3.8, 4) is 0 Å². The minimum absolute atomic E-state index is 0.170. The molecule has 0 radical (unpaired) electrons. The van der Waals surface area contributed by atoms with Crippen molar-refractivity contribution in [1.82, 2.24) is 4.90 Å². The number of hydrogen-bond acceptors (Lipinski definition) is 4. The van der Waals surface area contributed by atoms with Gasteiger partial charge in [-0.15, -0.1) is 0 Å². The van der Waals surface area contributed by atoms with Crippen molar-refractivity contribution in [3.63, 3.8) is 0 Å². The molecule has 1 heterocycles. The first-order valence-corrected chi connectivity index (χ1v) is 8.98. The van der Waals surface area contributed by atoms with Crippen LogP contribution in [0, 0.1) is 11.8 Å². The number of rotatable bonds is 3. The van der Waals surface area contributed by atoms with Crippen molar-refractivity contribution in [2.45, 2.75) is 38.6 Å². The van der Waals surface area contributed by atoms with Crippen LogP contribution in [-0.2, 0) is 9.84 Å². The van der Waals surface area contributed by atoms with E-state index in [2.05, 4.69) is 4.90 Å². The van der Waals surface area contributed by atoms with Crippen LogP contribution in [0.25, 0.3) is 0 Å². The van der Waals surface area contributed by atoms with E-state index in [1.807, 2.05) is 6.92 Å². The van der Waals surface area contributed by atoms with Crippen LogP contribution in [0.4, 0.5) is 0 Å². The van der Waals surface area contributed by atoms with Gasteiger partial charge in [0.25, 0.3) is 0 Å². The van der Waals surface area contributed by atoms with Gasteiger partial charge in [0.2, 0.25) is 0 Å². The van der Waals surface area contributed by atoms with Gasteiger partial charge < -0.3 is 5.73 Å². The maximum absolute atomic E-state index is 11.6. The van der Waals surface area contributed by atoms with Crippen molar-refractivity contribution in [2.75, 3.05) is 31.1 Å². The summed E-state index contributed by atoms with van der Waals surface area (Å²) in [6.45, 7) is 4.57. The summed E-state index contributed by atoms with van der Waals surface area (Å²) in [4.78, 5) is 2.36. The van der Waals surface area contributed by atoms with Gasteiger partial charge in [0, 0.05) is 19.1 Å². The van der Waals surface area contributed by atoms with Gasteiger partial charge in [0.15, 0.2) is 9.84 Å². The average molecular weight is 274 g/mol. The summed E-state index contributed by atoms with van der Waals surface area (Å²) in [5.74, 6) is 1.97. The Bertz CT molecular complexity index is 369. The van der Waals surface area contributed by atoms with Crippen LogP contribution in [0.2, 0.25) is 0 Å². The molecule has 3 unspecified atom stereocenters. The molecule has 2 aliphatic rings. The molecular weight excluding hydrogens is 248 g/mol. The van der Waals surface area contributed by atoms with Crippen molar-refractivity contribution in [3.05, 3.63) is 0 Å². The Hall–Kier alpha value is -0.130. The maximum Gasteiger partial charge on any atom is 0.153 e. The van der Waals surface area contributed by atoms with Crippen LogP contribution in [0.5, 0.6) is 0 Å². The van der Waals surface area contributed by atoms with Crippen LogP contribution >= 0.6 is 0 Å². The zero-order valence-corrected chi connectivity index (χ0v) is 12.2. The summed E-state index contributed by atoms with van der Waals surface area (Å²) in [5.41, 5.74) is 5.86. The molecule has 0 aromatic carbocycles. The second-order valence-corrected chi connectivity index (χ2v) is 8.23. The molecule has 0 aromatic rings. The Morgan fingerprint density at radius 2 is 1.89 bits per heavy atom. The molecule has 0 amide bonds. The summed E-state index contributed by atoms with van der Waals surface area (Å²) >= 11 is 0. The van der Waals surface area contributed by atoms with Gasteiger partial charge in [-0.2, -0.15) is 0 Å². The molecule has 18 heavy (non-hydrogen) atoms. The normalized spacial score (nSPS) is 37.6. The number of nitrogens with zero attached hydrogens (tertiary/aromatic N) is 1. The fraction of sp³-hybridized carbons (Fsp3) is 1.00. The van der Waals surface area contributed by atoms with Gasteiger partial charge in [-0.3, -0.25) is 4.90 Å². The van der Waals surface area contributed by atoms with Crippen LogP contribution in [0.3, 0.4) is 0 Å². The molecule has 2 rings (SSSR count). The molecule has 1 aliphatic heterocycles. The molecule has 106 valence electrons. The smallest absolute Gasteiger partial charge is 0.153 e. The summed E-state index contributed by atoms with van der Waals surface area (Å²) in [6, 6.07) is 0.170. The first-order chi connectivity index (χ1) is 8.52. The predicted octanol–water partition coefficient (Wildman–Crippen LogP) is 0.870. The first kappa shape index (κ1) is 14.3. The SMILES string of the molecule is CC1CS(=O)(=O)CCN1CC1CCCCC1CN. The highest BCUT2D eigenvalue weighted by atomic mass is 32.2. The third kappa shape index (κ3) is 3.45. The van der Waals surface area contributed by atoms with Gasteiger partial charge in [0.1, 0.15) is 0 Å². The van der Waals surface area contributed by atoms with Crippen LogP contribution < -0.4 is 5.73 Å². The quantitative estimate of drug-likeness (QED) is 0.829. The fourth-order valence-corrected chi connectivity index (χ4v) is 5.07. The Kier molecular flexibility index (Phi) is 4.67. The predicted molar refractivity (Wildman–Crippen MR) is 74.2 cm³/mol. The largest absolute Gasteiger partial charge is 0.330 e. The molecule has 5 heteroatoms. The summed E-state index contributed by atoms with van der Waals surface area (Å²) < 4.78 is 23.1. The monoisotopic (exact) mass is 274 g/mol. The van der Waals surface area contributed by atoms with Gasteiger partial charge >= 0.3 is 0 Å². The van der Waals surface area contributed by atoms with E-state index in [-0.39, 0.29) is 6.04 Å². The van der Waals surface area contributed by atoms with E-state index in [1.54, 1.807) is 0 Å². The molecule has 3 atom stereocenters. The highest BCUT2D eigenvalue weighted by Gasteiger charge is 2.32. The Labute approximate surface area is 111 Å². The minimum atomic E-state index is -2.79. The highest BCUT2D eigenvalue weighted by Crippen LogP contribution is 2.30. The van der Waals surface area contributed by atoms with Gasteiger partial charge in [-0.05, 0) is 38.1 Å². The summed E-state index contributed by atoms with van der Waals surface area (Å²) in [7, 11) is -2.79. The van der Waals surface area contributed by atoms with Crippen molar-refractivity contribution in [2.24, 2.45) is 17.6 Å². The molecule has 1 saturated heterocycles. The molecule has 0 spiro atoms. The zero-order chi connectivity index (χ0) is 13.2. The lowest BCUT2D eigenvalue weighted by atomic mass is 9.79. The van der Waals surface area contributed by atoms with Gasteiger partial charge in [0.05, 0.1) is 11.5 Å². The highest BCUT2D eigenvalue weighted by molar-refractivity contribution is 7.91. The third-order valence-electron chi connectivity index (χ3n) is 4.65. The maximum atomic E-state index is 11.6. The van der Waals surface area contributed by atoms with Crippen LogP contribution in [0.1, 0.15) is 32.6 Å². The fourth-order valence-electron chi connectivity index (χ4n) is 3.44. The summed E-state index contributed by atoms with van der Waals surface area (Å²) in [6.07, 6.45) is 5.13. The molecule has 0 bridgehead atoms. The third-order valence-corrected chi connectivity index (χ3v) is 6.44. The minimum Gasteiger partial charge on any atom is -0.330 e. The topological polar surface area (TPSA) is 63.4 Å². The average Bonchev–Trinajstić information content (AvgIpc) is 2.33. The number of sulfone groups is 1.